The maximum Gasteiger partial charge on any atom is 0.322 e. The van der Waals surface area contributed by atoms with Crippen LogP contribution in [0, 0.1) is 11.6 Å². The highest BCUT2D eigenvalue weighted by Crippen LogP contribution is 2.32. The number of amides is 3. The van der Waals surface area contributed by atoms with E-state index in [4.69, 9.17) is 16.3 Å². The number of benzene rings is 3. The van der Waals surface area contributed by atoms with E-state index >= 15 is 4.39 Å². The van der Waals surface area contributed by atoms with Gasteiger partial charge in [0.15, 0.2) is 9.84 Å². The first-order chi connectivity index (χ1) is 18.0. The number of nitrogens with zero attached hydrogens (tertiary/aromatic N) is 1. The van der Waals surface area contributed by atoms with Crippen molar-refractivity contribution in [3.05, 3.63) is 77.3 Å². The molecule has 2 atom stereocenters. The first kappa shape index (κ1) is 27.5. The summed E-state index contributed by atoms with van der Waals surface area (Å²) in [5, 5.41) is 5.81. The third-order valence-electron chi connectivity index (χ3n) is 6.12. The minimum Gasteiger partial charge on any atom is -0.380 e. The molecule has 0 aliphatic carbocycles. The Morgan fingerprint density at radius 3 is 2.29 bits per heavy atom. The fourth-order valence-corrected chi connectivity index (χ4v) is 5.25. The van der Waals surface area contributed by atoms with E-state index in [0.717, 1.165) is 30.5 Å². The molecule has 38 heavy (non-hydrogen) atoms. The molecule has 0 aromatic heterocycles. The Morgan fingerprint density at radius 1 is 0.974 bits per heavy atom. The lowest BCUT2D eigenvalue weighted by molar-refractivity contribution is -0.119. The van der Waals surface area contributed by atoms with Crippen LogP contribution in [0.25, 0.3) is 11.1 Å². The number of hydrogen-bond acceptors (Lipinski definition) is 5. The molecule has 2 unspecified atom stereocenters. The summed E-state index contributed by atoms with van der Waals surface area (Å²) in [6.07, 6.45) is 0.779. The van der Waals surface area contributed by atoms with Gasteiger partial charge in [0.25, 0.3) is 0 Å². The topological polar surface area (TPSA) is 105 Å². The molecule has 1 heterocycles. The van der Waals surface area contributed by atoms with Gasteiger partial charge in [-0.05, 0) is 60.7 Å². The van der Waals surface area contributed by atoms with Crippen LogP contribution in [0.15, 0.2) is 65.6 Å². The summed E-state index contributed by atoms with van der Waals surface area (Å²) in [6.45, 7) is 0.162. The summed E-state index contributed by atoms with van der Waals surface area (Å²) in [4.78, 5) is 27.2. The van der Waals surface area contributed by atoms with Gasteiger partial charge in [-0.1, -0.05) is 11.6 Å². The number of urea groups is 1. The van der Waals surface area contributed by atoms with Gasteiger partial charge in [0, 0.05) is 53.9 Å². The second kappa shape index (κ2) is 11.1. The average molecular weight is 564 g/mol. The molecule has 8 nitrogen and oxygen atoms in total. The zero-order valence-corrected chi connectivity index (χ0v) is 21.9. The Morgan fingerprint density at radius 2 is 1.66 bits per heavy atom. The van der Waals surface area contributed by atoms with Crippen LogP contribution < -0.4 is 10.6 Å². The lowest BCUT2D eigenvalue weighted by Crippen LogP contribution is -2.45. The lowest BCUT2D eigenvalue weighted by atomic mass is 10.0. The number of likely N-dealkylation sites (tertiary alicyclic amines) is 1. The molecule has 1 aliphatic heterocycles. The SMILES string of the molecule is COC1CC(C(=O)Nc2ccc(-c3cc(F)ccc3S(C)(=O)=O)c(F)c2)N(C(=O)Nc2ccc(Cl)cc2)C1. The Balaban J connectivity index is 1.54. The summed E-state index contributed by atoms with van der Waals surface area (Å²) in [5.41, 5.74) is 0.286. The zero-order chi connectivity index (χ0) is 27.6. The minimum absolute atomic E-state index is 0.0764. The van der Waals surface area contributed by atoms with E-state index in [1.54, 1.807) is 24.3 Å². The van der Waals surface area contributed by atoms with E-state index in [1.807, 2.05) is 0 Å². The third kappa shape index (κ3) is 6.12. The summed E-state index contributed by atoms with van der Waals surface area (Å²) in [7, 11) is -2.29. The number of rotatable bonds is 6. The van der Waals surface area contributed by atoms with Crippen molar-refractivity contribution in [2.75, 3.05) is 30.5 Å². The van der Waals surface area contributed by atoms with E-state index < -0.39 is 39.5 Å². The molecule has 0 spiro atoms. The van der Waals surface area contributed by atoms with Gasteiger partial charge in [-0.2, -0.15) is 0 Å². The molecule has 4 rings (SSSR count). The normalized spacial score (nSPS) is 17.3. The van der Waals surface area contributed by atoms with E-state index in [9.17, 15) is 22.4 Å². The monoisotopic (exact) mass is 563 g/mol. The largest absolute Gasteiger partial charge is 0.380 e. The summed E-state index contributed by atoms with van der Waals surface area (Å²) in [5.74, 6) is -2.16. The fraction of sp³-hybridized carbons (Fsp3) is 0.231. The molecular weight excluding hydrogens is 540 g/mol. The van der Waals surface area contributed by atoms with Crippen molar-refractivity contribution in [3.63, 3.8) is 0 Å². The molecule has 3 amide bonds. The van der Waals surface area contributed by atoms with Crippen LogP contribution in [0.5, 0.6) is 0 Å². The number of ether oxygens (including phenoxy) is 1. The second-order valence-corrected chi connectivity index (χ2v) is 11.2. The maximum absolute atomic E-state index is 15.1. The Labute approximate surface area is 223 Å². The Bertz CT molecular complexity index is 1480. The zero-order valence-electron chi connectivity index (χ0n) is 20.4. The number of anilines is 2. The Hall–Kier alpha value is -3.54. The molecule has 2 N–H and O–H groups in total. The number of methoxy groups -OCH3 is 1. The molecular formula is C26H24ClF2N3O5S. The Kier molecular flexibility index (Phi) is 8.00. The highest BCUT2D eigenvalue weighted by molar-refractivity contribution is 7.90. The van der Waals surface area contributed by atoms with Crippen LogP contribution >= 0.6 is 11.6 Å². The van der Waals surface area contributed by atoms with Gasteiger partial charge in [0.05, 0.1) is 11.0 Å². The van der Waals surface area contributed by atoms with Gasteiger partial charge in [0.1, 0.15) is 17.7 Å². The van der Waals surface area contributed by atoms with Crippen molar-refractivity contribution in [1.82, 2.24) is 4.90 Å². The van der Waals surface area contributed by atoms with Crippen molar-refractivity contribution in [3.8, 4) is 11.1 Å². The summed E-state index contributed by atoms with van der Waals surface area (Å²) >= 11 is 5.88. The van der Waals surface area contributed by atoms with Gasteiger partial charge in [-0.15, -0.1) is 0 Å². The second-order valence-electron chi connectivity index (χ2n) is 8.80. The number of hydrogen-bond donors (Lipinski definition) is 2. The van der Waals surface area contributed by atoms with E-state index in [-0.39, 0.29) is 40.8 Å². The van der Waals surface area contributed by atoms with Crippen LogP contribution in [0.4, 0.5) is 25.0 Å². The summed E-state index contributed by atoms with van der Waals surface area (Å²) < 4.78 is 58.6. The van der Waals surface area contributed by atoms with Crippen LogP contribution in [0.1, 0.15) is 6.42 Å². The standard InChI is InChI=1S/C26H24ClF2N3O5S/c1-37-19-13-23(32(14-19)26(34)31-17-6-3-15(27)4-7-17)25(33)30-18-8-9-20(22(29)12-18)21-11-16(28)5-10-24(21)38(2,35)36/h3-12,19,23H,13-14H2,1-2H3,(H,30,33)(H,31,34). The first-order valence-electron chi connectivity index (χ1n) is 11.4. The minimum atomic E-state index is -3.77. The van der Waals surface area contributed by atoms with Crippen molar-refractivity contribution < 1.29 is 31.5 Å². The number of sulfone groups is 1. The van der Waals surface area contributed by atoms with Crippen LogP contribution in [-0.2, 0) is 19.4 Å². The highest BCUT2D eigenvalue weighted by atomic mass is 35.5. The first-order valence-corrected chi connectivity index (χ1v) is 13.7. The molecule has 0 saturated carbocycles. The molecule has 3 aromatic rings. The van der Waals surface area contributed by atoms with Crippen molar-refractivity contribution in [2.45, 2.75) is 23.5 Å². The molecule has 1 aliphatic rings. The predicted molar refractivity (Wildman–Crippen MR) is 140 cm³/mol. The van der Waals surface area contributed by atoms with Gasteiger partial charge >= 0.3 is 6.03 Å². The average Bonchev–Trinajstić information content (AvgIpc) is 3.30. The van der Waals surface area contributed by atoms with E-state index in [1.165, 1.54) is 24.1 Å². The number of carbonyl (C=O) groups is 2. The predicted octanol–water partition coefficient (Wildman–Crippen LogP) is 4.95. The van der Waals surface area contributed by atoms with Gasteiger partial charge in [0.2, 0.25) is 5.91 Å². The highest BCUT2D eigenvalue weighted by Gasteiger charge is 2.40. The van der Waals surface area contributed by atoms with Gasteiger partial charge < -0.3 is 20.3 Å². The number of nitrogens with one attached hydrogen (secondary N) is 2. The third-order valence-corrected chi connectivity index (χ3v) is 7.53. The van der Waals surface area contributed by atoms with Crippen molar-refractivity contribution in [2.24, 2.45) is 0 Å². The van der Waals surface area contributed by atoms with Crippen LogP contribution in [0.3, 0.4) is 0 Å². The van der Waals surface area contributed by atoms with Crippen LogP contribution in [-0.4, -0.2) is 57.3 Å². The molecule has 1 saturated heterocycles. The number of carbonyl (C=O) groups excluding carboxylic acids is 2. The molecule has 0 bridgehead atoms. The van der Waals surface area contributed by atoms with Gasteiger partial charge in [-0.25, -0.2) is 22.0 Å². The summed E-state index contributed by atoms with van der Waals surface area (Å²) in [6, 6.07) is 11.7. The number of halogens is 3. The smallest absolute Gasteiger partial charge is 0.322 e. The molecule has 3 aromatic carbocycles. The van der Waals surface area contributed by atoms with Gasteiger partial charge in [-0.3, -0.25) is 4.79 Å². The quantitative estimate of drug-likeness (QED) is 0.413. The van der Waals surface area contributed by atoms with Crippen molar-refractivity contribution >= 4 is 44.8 Å². The van der Waals surface area contributed by atoms with E-state index in [2.05, 4.69) is 10.6 Å². The molecule has 12 heteroatoms. The molecule has 1 fully saturated rings. The molecule has 0 radical (unpaired) electrons. The molecule has 200 valence electrons. The lowest BCUT2D eigenvalue weighted by Gasteiger charge is -2.24. The van der Waals surface area contributed by atoms with Crippen LogP contribution in [0.2, 0.25) is 5.02 Å². The van der Waals surface area contributed by atoms with E-state index in [0.29, 0.717) is 10.7 Å². The fourth-order valence-electron chi connectivity index (χ4n) is 4.24. The maximum atomic E-state index is 15.1. The van der Waals surface area contributed by atoms with Crippen molar-refractivity contribution in [1.29, 1.82) is 0 Å².